The van der Waals surface area contributed by atoms with E-state index in [1.807, 2.05) is 0 Å². The van der Waals surface area contributed by atoms with Crippen LogP contribution in [0.15, 0.2) is 23.1 Å². The molecule has 0 saturated carbocycles. The number of hydrogen-bond donors (Lipinski definition) is 2. The minimum atomic E-state index is -4.18. The SMILES string of the molecule is CCc1ccc([N+](=O)[O-])cc1S(=O)(=O)N[C@H](C(=O)O)C(C)C. The maximum absolute atomic E-state index is 12.4. The molecule has 0 aliphatic rings. The van der Waals surface area contributed by atoms with Gasteiger partial charge in [-0.05, 0) is 17.9 Å². The smallest absolute Gasteiger partial charge is 0.322 e. The average Bonchev–Trinajstić information content (AvgIpc) is 2.43. The lowest BCUT2D eigenvalue weighted by atomic mass is 10.1. The Labute approximate surface area is 128 Å². The van der Waals surface area contributed by atoms with Gasteiger partial charge in [0.2, 0.25) is 10.0 Å². The zero-order valence-electron chi connectivity index (χ0n) is 12.4. The second kappa shape index (κ2) is 6.84. The van der Waals surface area contributed by atoms with E-state index in [1.165, 1.54) is 12.1 Å². The van der Waals surface area contributed by atoms with Crippen LogP contribution in [0.25, 0.3) is 0 Å². The predicted molar refractivity (Wildman–Crippen MR) is 79.1 cm³/mol. The molecule has 0 aliphatic heterocycles. The highest BCUT2D eigenvalue weighted by Gasteiger charge is 2.30. The van der Waals surface area contributed by atoms with Crippen molar-refractivity contribution in [2.45, 2.75) is 38.1 Å². The number of aliphatic carboxylic acids is 1. The summed E-state index contributed by atoms with van der Waals surface area (Å²) in [5.74, 6) is -1.78. The van der Waals surface area contributed by atoms with E-state index in [4.69, 9.17) is 5.11 Å². The number of carbonyl (C=O) groups is 1. The Morgan fingerprint density at radius 3 is 2.41 bits per heavy atom. The summed E-state index contributed by atoms with van der Waals surface area (Å²) in [6, 6.07) is 2.21. The molecule has 0 unspecified atom stereocenters. The number of rotatable bonds is 7. The maximum atomic E-state index is 12.4. The second-order valence-electron chi connectivity index (χ2n) is 5.08. The summed E-state index contributed by atoms with van der Waals surface area (Å²) in [7, 11) is -4.18. The largest absolute Gasteiger partial charge is 0.480 e. The van der Waals surface area contributed by atoms with Crippen LogP contribution in [0.2, 0.25) is 0 Å². The summed E-state index contributed by atoms with van der Waals surface area (Å²) in [6.45, 7) is 4.84. The third-order valence-corrected chi connectivity index (χ3v) is 4.67. The van der Waals surface area contributed by atoms with Crippen molar-refractivity contribution in [1.82, 2.24) is 4.72 Å². The Kier molecular flexibility index (Phi) is 5.61. The van der Waals surface area contributed by atoms with Gasteiger partial charge in [0.1, 0.15) is 6.04 Å². The molecule has 0 aromatic heterocycles. The molecule has 0 amide bonds. The van der Waals surface area contributed by atoms with Crippen molar-refractivity contribution in [3.8, 4) is 0 Å². The van der Waals surface area contributed by atoms with Crippen LogP contribution in [0.4, 0.5) is 5.69 Å². The van der Waals surface area contributed by atoms with Crippen LogP contribution < -0.4 is 4.72 Å². The fraction of sp³-hybridized carbons (Fsp3) is 0.462. The van der Waals surface area contributed by atoms with E-state index in [0.29, 0.717) is 12.0 Å². The van der Waals surface area contributed by atoms with E-state index in [0.717, 1.165) is 6.07 Å². The molecule has 8 nitrogen and oxygen atoms in total. The minimum Gasteiger partial charge on any atom is -0.480 e. The summed E-state index contributed by atoms with van der Waals surface area (Å²) in [6.07, 6.45) is 0.341. The number of carboxylic acid groups (broad SMARTS) is 1. The minimum absolute atomic E-state index is 0.267. The quantitative estimate of drug-likeness (QED) is 0.577. The lowest BCUT2D eigenvalue weighted by Gasteiger charge is -2.19. The number of carboxylic acids is 1. The highest BCUT2D eigenvalue weighted by molar-refractivity contribution is 7.89. The molecule has 0 saturated heterocycles. The molecule has 1 aromatic rings. The van der Waals surface area contributed by atoms with Gasteiger partial charge in [-0.3, -0.25) is 14.9 Å². The van der Waals surface area contributed by atoms with Crippen molar-refractivity contribution in [2.75, 3.05) is 0 Å². The van der Waals surface area contributed by atoms with Gasteiger partial charge in [0, 0.05) is 12.1 Å². The van der Waals surface area contributed by atoms with Gasteiger partial charge in [-0.2, -0.15) is 4.72 Å². The molecule has 1 atom stereocenters. The number of nitrogens with one attached hydrogen (secondary N) is 1. The number of nitrogens with zero attached hydrogens (tertiary/aromatic N) is 1. The molecule has 0 heterocycles. The normalized spacial score (nSPS) is 13.1. The fourth-order valence-corrected chi connectivity index (χ4v) is 3.57. The van der Waals surface area contributed by atoms with Gasteiger partial charge in [0.25, 0.3) is 5.69 Å². The molecular formula is C13H18N2O6S. The molecule has 22 heavy (non-hydrogen) atoms. The molecule has 0 bridgehead atoms. The molecule has 0 fully saturated rings. The number of aryl methyl sites for hydroxylation is 1. The summed E-state index contributed by atoms with van der Waals surface area (Å²) in [5.41, 5.74) is 0.0139. The van der Waals surface area contributed by atoms with Crippen molar-refractivity contribution in [3.63, 3.8) is 0 Å². The predicted octanol–water partition coefficient (Wildman–Crippen LogP) is 1.54. The third kappa shape index (κ3) is 4.01. The molecule has 9 heteroatoms. The molecule has 122 valence electrons. The molecule has 0 radical (unpaired) electrons. The molecule has 2 N–H and O–H groups in total. The van der Waals surface area contributed by atoms with Crippen molar-refractivity contribution >= 4 is 21.7 Å². The number of benzene rings is 1. The van der Waals surface area contributed by atoms with Crippen LogP contribution in [0.5, 0.6) is 0 Å². The topological polar surface area (TPSA) is 127 Å². The van der Waals surface area contributed by atoms with Crippen LogP contribution in [-0.2, 0) is 21.2 Å². The number of non-ortho nitro benzene ring substituents is 1. The van der Waals surface area contributed by atoms with E-state index in [-0.39, 0.29) is 10.6 Å². The van der Waals surface area contributed by atoms with E-state index >= 15 is 0 Å². The summed E-state index contributed by atoms with van der Waals surface area (Å²) < 4.78 is 26.9. The molecular weight excluding hydrogens is 312 g/mol. The first kappa shape index (κ1) is 18.1. The van der Waals surface area contributed by atoms with Gasteiger partial charge in [-0.1, -0.05) is 26.8 Å². The van der Waals surface area contributed by atoms with E-state index in [2.05, 4.69) is 4.72 Å². The summed E-state index contributed by atoms with van der Waals surface area (Å²) >= 11 is 0. The lowest BCUT2D eigenvalue weighted by molar-refractivity contribution is -0.385. The Morgan fingerprint density at radius 2 is 2.00 bits per heavy atom. The number of nitro benzene ring substituents is 1. The lowest BCUT2D eigenvalue weighted by Crippen LogP contribution is -2.44. The van der Waals surface area contributed by atoms with Crippen LogP contribution >= 0.6 is 0 Å². The molecule has 0 aliphatic carbocycles. The van der Waals surface area contributed by atoms with Crippen LogP contribution in [0, 0.1) is 16.0 Å². The summed E-state index contributed by atoms with van der Waals surface area (Å²) in [4.78, 5) is 21.0. The van der Waals surface area contributed by atoms with Gasteiger partial charge in [0.05, 0.1) is 9.82 Å². The van der Waals surface area contributed by atoms with E-state index in [1.54, 1.807) is 20.8 Å². The van der Waals surface area contributed by atoms with Gasteiger partial charge in [0.15, 0.2) is 0 Å². The monoisotopic (exact) mass is 330 g/mol. The molecule has 1 rings (SSSR count). The van der Waals surface area contributed by atoms with E-state index < -0.39 is 32.9 Å². The van der Waals surface area contributed by atoms with Crippen molar-refractivity contribution in [2.24, 2.45) is 5.92 Å². The first-order valence-corrected chi connectivity index (χ1v) is 8.11. The van der Waals surface area contributed by atoms with E-state index in [9.17, 15) is 23.3 Å². The Morgan fingerprint density at radius 1 is 1.41 bits per heavy atom. The number of hydrogen-bond acceptors (Lipinski definition) is 5. The van der Waals surface area contributed by atoms with Gasteiger partial charge in [-0.25, -0.2) is 8.42 Å². The molecule has 0 spiro atoms. The van der Waals surface area contributed by atoms with Crippen LogP contribution in [0.3, 0.4) is 0 Å². The third-order valence-electron chi connectivity index (χ3n) is 3.15. The molecule has 1 aromatic carbocycles. The Balaban J connectivity index is 3.35. The van der Waals surface area contributed by atoms with Gasteiger partial charge in [-0.15, -0.1) is 0 Å². The van der Waals surface area contributed by atoms with Crippen LogP contribution in [-0.4, -0.2) is 30.5 Å². The number of nitro groups is 1. The zero-order valence-corrected chi connectivity index (χ0v) is 13.3. The zero-order chi connectivity index (χ0) is 17.1. The van der Waals surface area contributed by atoms with Gasteiger partial charge < -0.3 is 5.11 Å². The van der Waals surface area contributed by atoms with Crippen molar-refractivity contribution in [1.29, 1.82) is 0 Å². The first-order chi connectivity index (χ1) is 10.1. The highest BCUT2D eigenvalue weighted by atomic mass is 32.2. The number of sulfonamides is 1. The Bertz CT molecular complexity index is 684. The fourth-order valence-electron chi connectivity index (χ4n) is 1.90. The maximum Gasteiger partial charge on any atom is 0.322 e. The summed E-state index contributed by atoms with van der Waals surface area (Å²) in [5, 5.41) is 19.9. The standard InChI is InChI=1S/C13H18N2O6S/c1-4-9-5-6-10(15(18)19)7-11(9)22(20,21)14-12(8(2)3)13(16)17/h5-8,12,14H,4H2,1-3H3,(H,16,17)/t12-/m0/s1. The second-order valence-corrected chi connectivity index (χ2v) is 6.77. The highest BCUT2D eigenvalue weighted by Crippen LogP contribution is 2.23. The van der Waals surface area contributed by atoms with Crippen molar-refractivity contribution in [3.05, 3.63) is 33.9 Å². The Hall–Kier alpha value is -2.00. The average molecular weight is 330 g/mol. The van der Waals surface area contributed by atoms with Crippen molar-refractivity contribution < 1.29 is 23.2 Å². The van der Waals surface area contributed by atoms with Gasteiger partial charge >= 0.3 is 5.97 Å². The van der Waals surface area contributed by atoms with Crippen LogP contribution in [0.1, 0.15) is 26.3 Å². The first-order valence-electron chi connectivity index (χ1n) is 6.62.